The molecule has 3 N–H and O–H groups in total. The Balaban J connectivity index is 2.29. The molecule has 0 bridgehead atoms. The normalized spacial score (nSPS) is 11.2. The maximum atomic E-state index is 5.81. The molecule has 0 aliphatic carbocycles. The molecule has 0 aliphatic rings. The Bertz CT molecular complexity index is 753. The Hall–Kier alpha value is -2.06. The second-order valence-electron chi connectivity index (χ2n) is 5.38. The fraction of sp³-hybridized carbons (Fsp3) is 0.222. The van der Waals surface area contributed by atoms with Crippen molar-refractivity contribution >= 4 is 10.9 Å². The first-order valence-corrected chi connectivity index (χ1v) is 7.08. The van der Waals surface area contributed by atoms with E-state index in [1.807, 2.05) is 0 Å². The van der Waals surface area contributed by atoms with E-state index in [9.17, 15) is 0 Å². The molecule has 20 heavy (non-hydrogen) atoms. The van der Waals surface area contributed by atoms with Gasteiger partial charge in [0.1, 0.15) is 0 Å². The quantitative estimate of drug-likeness (QED) is 0.739. The molecule has 0 atom stereocenters. The van der Waals surface area contributed by atoms with Gasteiger partial charge in [-0.2, -0.15) is 0 Å². The minimum absolute atomic E-state index is 0.666. The highest BCUT2D eigenvalue weighted by Gasteiger charge is 2.13. The average molecular weight is 264 g/mol. The number of aromatic amines is 1. The second-order valence-corrected chi connectivity index (χ2v) is 5.38. The maximum absolute atomic E-state index is 5.81. The van der Waals surface area contributed by atoms with Crippen LogP contribution in [0.3, 0.4) is 0 Å². The van der Waals surface area contributed by atoms with Gasteiger partial charge in [-0.15, -0.1) is 0 Å². The lowest BCUT2D eigenvalue weighted by Gasteiger charge is -2.08. The van der Waals surface area contributed by atoms with E-state index in [1.54, 1.807) is 0 Å². The summed E-state index contributed by atoms with van der Waals surface area (Å²) in [5.74, 6) is 0. The van der Waals surface area contributed by atoms with E-state index in [0.29, 0.717) is 6.54 Å². The van der Waals surface area contributed by atoms with E-state index in [-0.39, 0.29) is 0 Å². The number of para-hydroxylation sites is 1. The minimum Gasteiger partial charge on any atom is -0.354 e. The third kappa shape index (κ3) is 2.12. The number of H-pyrrole nitrogens is 1. The van der Waals surface area contributed by atoms with Crippen molar-refractivity contribution in [3.63, 3.8) is 0 Å². The number of aryl methyl sites for hydroxylation is 2. The van der Waals surface area contributed by atoms with Crippen molar-refractivity contribution in [1.29, 1.82) is 0 Å². The van der Waals surface area contributed by atoms with Crippen molar-refractivity contribution in [2.45, 2.75) is 20.3 Å². The van der Waals surface area contributed by atoms with Gasteiger partial charge in [-0.05, 0) is 50.1 Å². The SMILES string of the molecule is Cc1ccc(C)c(-c2[nH]c3ccccc3c2CCN)c1. The van der Waals surface area contributed by atoms with Crippen LogP contribution in [0.15, 0.2) is 42.5 Å². The zero-order valence-electron chi connectivity index (χ0n) is 12.0. The number of nitrogens with one attached hydrogen (secondary N) is 1. The van der Waals surface area contributed by atoms with Crippen molar-refractivity contribution in [3.8, 4) is 11.3 Å². The number of rotatable bonds is 3. The molecule has 2 heteroatoms. The molecule has 0 amide bonds. The molecule has 0 aliphatic heterocycles. The van der Waals surface area contributed by atoms with E-state index < -0.39 is 0 Å². The molecule has 2 nitrogen and oxygen atoms in total. The van der Waals surface area contributed by atoms with Crippen LogP contribution in [0.2, 0.25) is 0 Å². The molecular formula is C18H20N2. The molecule has 0 radical (unpaired) electrons. The van der Waals surface area contributed by atoms with Gasteiger partial charge in [-0.1, -0.05) is 35.9 Å². The summed E-state index contributed by atoms with van der Waals surface area (Å²) in [5.41, 5.74) is 13.4. The summed E-state index contributed by atoms with van der Waals surface area (Å²) in [4.78, 5) is 3.58. The number of hydrogen-bond acceptors (Lipinski definition) is 1. The van der Waals surface area contributed by atoms with E-state index in [0.717, 1.165) is 6.42 Å². The van der Waals surface area contributed by atoms with Gasteiger partial charge in [0, 0.05) is 16.5 Å². The number of hydrogen-bond donors (Lipinski definition) is 2. The molecule has 3 aromatic rings. The third-order valence-corrected chi connectivity index (χ3v) is 3.87. The lowest BCUT2D eigenvalue weighted by atomic mass is 9.98. The van der Waals surface area contributed by atoms with Gasteiger partial charge >= 0.3 is 0 Å². The van der Waals surface area contributed by atoms with Gasteiger partial charge in [-0.3, -0.25) is 0 Å². The molecule has 0 unspecified atom stereocenters. The zero-order valence-corrected chi connectivity index (χ0v) is 12.0. The number of fused-ring (bicyclic) bond motifs is 1. The summed E-state index contributed by atoms with van der Waals surface area (Å²) >= 11 is 0. The second kappa shape index (κ2) is 5.14. The third-order valence-electron chi connectivity index (χ3n) is 3.87. The minimum atomic E-state index is 0.666. The molecule has 1 heterocycles. The molecule has 0 spiro atoms. The molecule has 102 valence electrons. The van der Waals surface area contributed by atoms with Crippen LogP contribution in [0.5, 0.6) is 0 Å². The summed E-state index contributed by atoms with van der Waals surface area (Å²) in [5, 5.41) is 1.29. The first-order valence-electron chi connectivity index (χ1n) is 7.08. The van der Waals surface area contributed by atoms with Crippen LogP contribution in [0.25, 0.3) is 22.2 Å². The van der Waals surface area contributed by atoms with Crippen molar-refractivity contribution in [1.82, 2.24) is 4.98 Å². The van der Waals surface area contributed by atoms with E-state index in [1.165, 1.54) is 38.9 Å². The van der Waals surface area contributed by atoms with Crippen LogP contribution in [-0.4, -0.2) is 11.5 Å². The Morgan fingerprint density at radius 3 is 2.65 bits per heavy atom. The highest BCUT2D eigenvalue weighted by atomic mass is 14.7. The Kier molecular flexibility index (Phi) is 3.33. The van der Waals surface area contributed by atoms with Gasteiger partial charge < -0.3 is 10.7 Å². The molecule has 3 rings (SSSR count). The van der Waals surface area contributed by atoms with Gasteiger partial charge in [0.2, 0.25) is 0 Å². The van der Waals surface area contributed by atoms with Gasteiger partial charge in [-0.25, -0.2) is 0 Å². The van der Waals surface area contributed by atoms with Crippen molar-refractivity contribution in [2.75, 3.05) is 6.54 Å². The number of benzene rings is 2. The van der Waals surface area contributed by atoms with E-state index in [4.69, 9.17) is 5.73 Å². The summed E-state index contributed by atoms with van der Waals surface area (Å²) in [7, 11) is 0. The number of aromatic nitrogens is 1. The first kappa shape index (κ1) is 12.9. The largest absolute Gasteiger partial charge is 0.354 e. The van der Waals surface area contributed by atoms with Crippen molar-refractivity contribution in [3.05, 3.63) is 59.2 Å². The highest BCUT2D eigenvalue weighted by molar-refractivity contribution is 5.91. The maximum Gasteiger partial charge on any atom is 0.0500 e. The predicted octanol–water partition coefficient (Wildman–Crippen LogP) is 3.95. The summed E-state index contributed by atoms with van der Waals surface area (Å²) in [6.07, 6.45) is 0.896. The molecule has 0 saturated heterocycles. The average Bonchev–Trinajstić information content (AvgIpc) is 2.81. The van der Waals surface area contributed by atoms with Gasteiger partial charge in [0.05, 0.1) is 5.69 Å². The monoisotopic (exact) mass is 264 g/mol. The topological polar surface area (TPSA) is 41.8 Å². The Morgan fingerprint density at radius 2 is 1.85 bits per heavy atom. The lowest BCUT2D eigenvalue weighted by Crippen LogP contribution is -2.03. The van der Waals surface area contributed by atoms with E-state index >= 15 is 0 Å². The molecule has 1 aromatic heterocycles. The molecular weight excluding hydrogens is 244 g/mol. The zero-order chi connectivity index (χ0) is 14.1. The van der Waals surface area contributed by atoms with Crippen LogP contribution < -0.4 is 5.73 Å². The smallest absolute Gasteiger partial charge is 0.0500 e. The summed E-state index contributed by atoms with van der Waals surface area (Å²) in [6.45, 7) is 4.96. The van der Waals surface area contributed by atoms with Crippen LogP contribution in [0, 0.1) is 13.8 Å². The summed E-state index contributed by atoms with van der Waals surface area (Å²) < 4.78 is 0. The molecule has 0 saturated carbocycles. The number of nitrogens with two attached hydrogens (primary N) is 1. The summed E-state index contributed by atoms with van der Waals surface area (Å²) in [6, 6.07) is 15.0. The van der Waals surface area contributed by atoms with Crippen LogP contribution >= 0.6 is 0 Å². The Morgan fingerprint density at radius 1 is 1.05 bits per heavy atom. The fourth-order valence-electron chi connectivity index (χ4n) is 2.84. The van der Waals surface area contributed by atoms with Crippen LogP contribution in [0.4, 0.5) is 0 Å². The van der Waals surface area contributed by atoms with Gasteiger partial charge in [0.15, 0.2) is 0 Å². The standard InChI is InChI=1S/C18H20N2/c1-12-7-8-13(2)16(11-12)18-15(9-10-19)14-5-3-4-6-17(14)20-18/h3-8,11,20H,9-10,19H2,1-2H3. The van der Waals surface area contributed by atoms with Crippen molar-refractivity contribution in [2.24, 2.45) is 5.73 Å². The van der Waals surface area contributed by atoms with Crippen molar-refractivity contribution < 1.29 is 0 Å². The lowest BCUT2D eigenvalue weighted by molar-refractivity contribution is 0.978. The van der Waals surface area contributed by atoms with Crippen LogP contribution in [0.1, 0.15) is 16.7 Å². The predicted molar refractivity (Wildman–Crippen MR) is 86.0 cm³/mol. The van der Waals surface area contributed by atoms with Crippen LogP contribution in [-0.2, 0) is 6.42 Å². The van der Waals surface area contributed by atoms with E-state index in [2.05, 4.69) is 61.3 Å². The molecule has 0 fully saturated rings. The molecule has 2 aromatic carbocycles. The fourth-order valence-corrected chi connectivity index (χ4v) is 2.84. The first-order chi connectivity index (χ1) is 9.70. The Labute approximate surface area is 119 Å². The van der Waals surface area contributed by atoms with Gasteiger partial charge in [0.25, 0.3) is 0 Å². The highest BCUT2D eigenvalue weighted by Crippen LogP contribution is 2.32.